The van der Waals surface area contributed by atoms with Gasteiger partial charge < -0.3 is 4.74 Å². The van der Waals surface area contributed by atoms with Gasteiger partial charge in [0.1, 0.15) is 5.75 Å². The van der Waals surface area contributed by atoms with Gasteiger partial charge in [-0.2, -0.15) is 0 Å². The maximum atomic E-state index is 13.0. The van der Waals surface area contributed by atoms with Crippen LogP contribution in [0.15, 0.2) is 65.8 Å². The second-order valence-corrected chi connectivity index (χ2v) is 8.55. The van der Waals surface area contributed by atoms with Crippen molar-refractivity contribution in [2.24, 2.45) is 0 Å². The zero-order valence-electron chi connectivity index (χ0n) is 18.3. The van der Waals surface area contributed by atoms with Crippen LogP contribution < -0.4 is 4.74 Å². The Bertz CT molecular complexity index is 1240. The first-order valence-electron chi connectivity index (χ1n) is 10.4. The number of fused-ring (bicyclic) bond motifs is 1. The number of ketones is 1. The number of rotatable bonds is 7. The van der Waals surface area contributed by atoms with Crippen molar-refractivity contribution in [1.82, 2.24) is 9.55 Å². The van der Waals surface area contributed by atoms with E-state index in [1.807, 2.05) is 69.3 Å². The number of thioether (sulfide) groups is 1. The number of nitrogens with zero attached hydrogens (tertiary/aromatic N) is 2. The van der Waals surface area contributed by atoms with E-state index < -0.39 is 0 Å². The van der Waals surface area contributed by atoms with Gasteiger partial charge in [-0.3, -0.25) is 9.36 Å². The van der Waals surface area contributed by atoms with Crippen molar-refractivity contribution in [2.45, 2.75) is 32.9 Å². The molecule has 0 N–H and O–H groups in total. The molecule has 3 aromatic carbocycles. The predicted molar refractivity (Wildman–Crippen MR) is 128 cm³/mol. The fourth-order valence-electron chi connectivity index (χ4n) is 3.68. The Morgan fingerprint density at radius 2 is 1.68 bits per heavy atom. The van der Waals surface area contributed by atoms with Crippen LogP contribution in [-0.2, 0) is 0 Å². The van der Waals surface area contributed by atoms with E-state index in [1.165, 1.54) is 17.3 Å². The van der Waals surface area contributed by atoms with Crippen molar-refractivity contribution in [3.05, 3.63) is 82.9 Å². The van der Waals surface area contributed by atoms with Gasteiger partial charge in [0.2, 0.25) is 0 Å². The minimum Gasteiger partial charge on any atom is -0.494 e. The number of imidazole rings is 1. The standard InChI is InChI=1S/C26H26N2O2S/c1-5-30-21-12-10-20(11-13-21)28-24-9-7-6-8-23(24)27-26(28)31-16-25(29)22-15-18(3)17(2)14-19(22)4/h6-15H,5,16H2,1-4H3. The molecule has 0 fully saturated rings. The van der Waals surface area contributed by atoms with Crippen molar-refractivity contribution in [1.29, 1.82) is 0 Å². The Labute approximate surface area is 187 Å². The molecule has 1 heterocycles. The molecule has 0 saturated heterocycles. The predicted octanol–water partition coefficient (Wildman–Crippen LogP) is 6.32. The monoisotopic (exact) mass is 430 g/mol. The van der Waals surface area contributed by atoms with Crippen LogP contribution in [0.1, 0.15) is 34.0 Å². The second kappa shape index (κ2) is 8.98. The molecule has 0 spiro atoms. The molecule has 0 aliphatic heterocycles. The van der Waals surface area contributed by atoms with Crippen molar-refractivity contribution < 1.29 is 9.53 Å². The van der Waals surface area contributed by atoms with E-state index in [-0.39, 0.29) is 5.78 Å². The largest absolute Gasteiger partial charge is 0.494 e. The molecule has 0 amide bonds. The summed E-state index contributed by atoms with van der Waals surface area (Å²) in [6.07, 6.45) is 0. The zero-order chi connectivity index (χ0) is 22.0. The van der Waals surface area contributed by atoms with Crippen molar-refractivity contribution in [3.63, 3.8) is 0 Å². The fourth-order valence-corrected chi connectivity index (χ4v) is 4.59. The molecule has 0 aliphatic rings. The molecule has 5 heteroatoms. The summed E-state index contributed by atoms with van der Waals surface area (Å²) >= 11 is 1.47. The summed E-state index contributed by atoms with van der Waals surface area (Å²) < 4.78 is 7.69. The van der Waals surface area contributed by atoms with Gasteiger partial charge in [-0.05, 0) is 86.8 Å². The first kappa shape index (κ1) is 21.2. The Morgan fingerprint density at radius 1 is 0.968 bits per heavy atom. The van der Waals surface area contributed by atoms with Crippen LogP contribution in [0.2, 0.25) is 0 Å². The van der Waals surface area contributed by atoms with Crippen molar-refractivity contribution in [2.75, 3.05) is 12.4 Å². The number of aromatic nitrogens is 2. The lowest BCUT2D eigenvalue weighted by Crippen LogP contribution is -2.07. The van der Waals surface area contributed by atoms with E-state index >= 15 is 0 Å². The summed E-state index contributed by atoms with van der Waals surface area (Å²) in [5.41, 5.74) is 7.08. The molecular formula is C26H26N2O2S. The first-order chi connectivity index (χ1) is 15.0. The van der Waals surface area contributed by atoms with Crippen molar-refractivity contribution >= 4 is 28.6 Å². The van der Waals surface area contributed by atoms with E-state index in [0.717, 1.165) is 44.3 Å². The number of carbonyl (C=O) groups is 1. The lowest BCUT2D eigenvalue weighted by atomic mass is 9.99. The van der Waals surface area contributed by atoms with Crippen LogP contribution in [-0.4, -0.2) is 27.7 Å². The molecule has 0 radical (unpaired) electrons. The van der Waals surface area contributed by atoms with Gasteiger partial charge in [0.05, 0.1) is 23.4 Å². The number of benzene rings is 3. The molecule has 0 bridgehead atoms. The van der Waals surface area contributed by atoms with Crippen LogP contribution >= 0.6 is 11.8 Å². The molecule has 0 aliphatic carbocycles. The van der Waals surface area contributed by atoms with Crippen LogP contribution in [0.5, 0.6) is 5.75 Å². The van der Waals surface area contributed by atoms with Gasteiger partial charge >= 0.3 is 0 Å². The average molecular weight is 431 g/mol. The summed E-state index contributed by atoms with van der Waals surface area (Å²) in [6.45, 7) is 8.73. The van der Waals surface area contributed by atoms with Gasteiger partial charge in [-0.15, -0.1) is 0 Å². The highest BCUT2D eigenvalue weighted by Gasteiger charge is 2.17. The SMILES string of the molecule is CCOc1ccc(-n2c(SCC(=O)c3cc(C)c(C)cc3C)nc3ccccc32)cc1. The van der Waals surface area contributed by atoms with Gasteiger partial charge in [0.25, 0.3) is 0 Å². The Balaban J connectivity index is 1.66. The second-order valence-electron chi connectivity index (χ2n) is 7.61. The van der Waals surface area contributed by atoms with E-state index in [9.17, 15) is 4.79 Å². The summed E-state index contributed by atoms with van der Waals surface area (Å²) in [6, 6.07) is 20.1. The Morgan fingerprint density at radius 3 is 2.42 bits per heavy atom. The molecule has 0 unspecified atom stereocenters. The number of para-hydroxylation sites is 2. The summed E-state index contributed by atoms with van der Waals surface area (Å²) in [5.74, 6) is 1.30. The van der Waals surface area contributed by atoms with Crippen molar-refractivity contribution in [3.8, 4) is 11.4 Å². The van der Waals surface area contributed by atoms with E-state index in [1.54, 1.807) is 0 Å². The third-order valence-corrected chi connectivity index (χ3v) is 6.35. The van der Waals surface area contributed by atoms with E-state index in [4.69, 9.17) is 9.72 Å². The number of Topliss-reactive ketones (excluding diaryl/α,β-unsaturated/α-hetero) is 1. The smallest absolute Gasteiger partial charge is 0.174 e. The number of carbonyl (C=O) groups excluding carboxylic acids is 1. The van der Waals surface area contributed by atoms with E-state index in [0.29, 0.717) is 12.4 Å². The number of aryl methyl sites for hydroxylation is 3. The summed E-state index contributed by atoms with van der Waals surface area (Å²) in [4.78, 5) is 17.8. The third-order valence-electron chi connectivity index (χ3n) is 5.41. The number of ether oxygens (including phenoxy) is 1. The molecule has 4 nitrogen and oxygen atoms in total. The highest BCUT2D eigenvalue weighted by atomic mass is 32.2. The molecule has 4 rings (SSSR count). The maximum absolute atomic E-state index is 13.0. The topological polar surface area (TPSA) is 44.1 Å². The van der Waals surface area contributed by atoms with Gasteiger partial charge in [-0.1, -0.05) is 30.0 Å². The Kier molecular flexibility index (Phi) is 6.14. The van der Waals surface area contributed by atoms with E-state index in [2.05, 4.69) is 23.6 Å². The quantitative estimate of drug-likeness (QED) is 0.254. The molecule has 0 atom stereocenters. The minimum atomic E-state index is 0.121. The maximum Gasteiger partial charge on any atom is 0.174 e. The van der Waals surface area contributed by atoms with Crippen LogP contribution in [0.25, 0.3) is 16.7 Å². The Hall–Kier alpha value is -3.05. The lowest BCUT2D eigenvalue weighted by Gasteiger charge is -2.11. The molecule has 4 aromatic rings. The van der Waals surface area contributed by atoms with Crippen LogP contribution in [0, 0.1) is 20.8 Å². The number of hydrogen-bond donors (Lipinski definition) is 0. The lowest BCUT2D eigenvalue weighted by molar-refractivity contribution is 0.102. The molecular weight excluding hydrogens is 404 g/mol. The zero-order valence-corrected chi connectivity index (χ0v) is 19.1. The summed E-state index contributed by atoms with van der Waals surface area (Å²) in [7, 11) is 0. The van der Waals surface area contributed by atoms with Crippen LogP contribution in [0.4, 0.5) is 0 Å². The van der Waals surface area contributed by atoms with Crippen LogP contribution in [0.3, 0.4) is 0 Å². The molecule has 1 aromatic heterocycles. The van der Waals surface area contributed by atoms with Gasteiger partial charge in [0.15, 0.2) is 10.9 Å². The highest BCUT2D eigenvalue weighted by Crippen LogP contribution is 2.30. The molecule has 158 valence electrons. The average Bonchev–Trinajstić information content (AvgIpc) is 3.14. The highest BCUT2D eigenvalue weighted by molar-refractivity contribution is 7.99. The number of hydrogen-bond acceptors (Lipinski definition) is 4. The molecule has 0 saturated carbocycles. The normalized spacial score (nSPS) is 11.1. The molecule has 31 heavy (non-hydrogen) atoms. The van der Waals surface area contributed by atoms with Gasteiger partial charge in [0, 0.05) is 11.3 Å². The summed E-state index contributed by atoms with van der Waals surface area (Å²) in [5, 5.41) is 0.806. The fraction of sp³-hybridized carbons (Fsp3) is 0.231. The van der Waals surface area contributed by atoms with Gasteiger partial charge in [-0.25, -0.2) is 4.98 Å². The minimum absolute atomic E-state index is 0.121. The first-order valence-corrected chi connectivity index (χ1v) is 11.4. The third kappa shape index (κ3) is 4.37.